The molecule has 0 bridgehead atoms. The van der Waals surface area contributed by atoms with E-state index in [2.05, 4.69) is 9.84 Å². The lowest BCUT2D eigenvalue weighted by Crippen LogP contribution is -2.33. The fourth-order valence-electron chi connectivity index (χ4n) is 2.69. The van der Waals surface area contributed by atoms with Gasteiger partial charge < -0.3 is 9.84 Å². The van der Waals surface area contributed by atoms with Crippen molar-refractivity contribution in [3.63, 3.8) is 0 Å². The number of nitrogens with zero attached hydrogens (tertiary/aromatic N) is 2. The summed E-state index contributed by atoms with van der Waals surface area (Å²) in [7, 11) is 0. The molecule has 0 spiro atoms. The van der Waals surface area contributed by atoms with Gasteiger partial charge in [0.15, 0.2) is 11.8 Å². The summed E-state index contributed by atoms with van der Waals surface area (Å²) in [6.07, 6.45) is -16.9. The van der Waals surface area contributed by atoms with Crippen molar-refractivity contribution in [1.82, 2.24) is 9.78 Å². The molecule has 2 rings (SSSR count). The van der Waals surface area contributed by atoms with Crippen molar-refractivity contribution in [2.45, 2.75) is 56.8 Å². The molecule has 25 heavy (non-hydrogen) atoms. The Bertz CT molecular complexity index is 623. The molecule has 1 aromatic rings. The van der Waals surface area contributed by atoms with Crippen LogP contribution in [0.25, 0.3) is 0 Å². The molecule has 0 saturated carbocycles. The minimum atomic E-state index is -5.12. The third kappa shape index (κ3) is 3.89. The molecule has 12 heteroatoms. The molecule has 0 fully saturated rings. The summed E-state index contributed by atoms with van der Waals surface area (Å²) in [6.45, 7) is 0.306. The maximum absolute atomic E-state index is 13.6. The molecule has 2 atom stereocenters. The first-order valence-electron chi connectivity index (χ1n) is 7.20. The molecule has 0 aliphatic heterocycles. The van der Waals surface area contributed by atoms with Crippen LogP contribution in [0.4, 0.5) is 35.1 Å². The van der Waals surface area contributed by atoms with Gasteiger partial charge in [0.1, 0.15) is 6.10 Å². The second-order valence-corrected chi connectivity index (χ2v) is 5.54. The van der Waals surface area contributed by atoms with E-state index >= 15 is 0 Å². The van der Waals surface area contributed by atoms with Gasteiger partial charge in [0.25, 0.3) is 5.92 Å². The lowest BCUT2D eigenvalue weighted by atomic mass is 10.1. The molecule has 0 aromatic carbocycles. The van der Waals surface area contributed by atoms with Crippen molar-refractivity contribution in [3.05, 3.63) is 17.0 Å². The summed E-state index contributed by atoms with van der Waals surface area (Å²) in [4.78, 5) is 0. The van der Waals surface area contributed by atoms with Gasteiger partial charge in [0.2, 0.25) is 0 Å². The van der Waals surface area contributed by atoms with Crippen molar-refractivity contribution in [2.75, 3.05) is 6.61 Å². The molecule has 0 radical (unpaired) electrons. The number of aromatic nitrogens is 2. The Hall–Kier alpha value is -1.43. The zero-order valence-electron chi connectivity index (χ0n) is 12.8. The number of aliphatic hydroxyl groups excluding tert-OH is 1. The molecule has 1 unspecified atom stereocenters. The number of aryl methyl sites for hydroxylation is 1. The molecule has 1 aliphatic carbocycles. The van der Waals surface area contributed by atoms with Crippen molar-refractivity contribution < 1.29 is 45.0 Å². The summed E-state index contributed by atoms with van der Waals surface area (Å²) in [6, 6.07) is 0. The van der Waals surface area contributed by atoms with Crippen LogP contribution in [0.1, 0.15) is 36.4 Å². The Morgan fingerprint density at radius 2 is 1.88 bits per heavy atom. The Kier molecular flexibility index (Phi) is 5.08. The molecule has 4 nitrogen and oxygen atoms in total. The second-order valence-electron chi connectivity index (χ2n) is 5.54. The first-order chi connectivity index (χ1) is 11.3. The minimum Gasteiger partial charge on any atom is -0.382 e. The molecule has 0 saturated heterocycles. The Balaban J connectivity index is 2.33. The SMILES string of the molecule is CCOC(CCn1nc(C(F)(F)F)c2c1CC(F)(F)[C@H]2O)C(F)(F)F. The third-order valence-corrected chi connectivity index (χ3v) is 3.78. The van der Waals surface area contributed by atoms with Gasteiger partial charge >= 0.3 is 12.4 Å². The summed E-state index contributed by atoms with van der Waals surface area (Å²) in [5, 5.41) is 12.6. The average molecular weight is 382 g/mol. The van der Waals surface area contributed by atoms with Crippen molar-refractivity contribution in [1.29, 1.82) is 0 Å². The van der Waals surface area contributed by atoms with Gasteiger partial charge in [-0.25, -0.2) is 8.78 Å². The van der Waals surface area contributed by atoms with Crippen LogP contribution in [-0.4, -0.2) is 39.7 Å². The number of ether oxygens (including phenoxy) is 1. The van der Waals surface area contributed by atoms with Gasteiger partial charge in [-0.15, -0.1) is 0 Å². The zero-order chi connectivity index (χ0) is 19.2. The van der Waals surface area contributed by atoms with E-state index in [4.69, 9.17) is 0 Å². The van der Waals surface area contributed by atoms with E-state index in [1.807, 2.05) is 0 Å². The van der Waals surface area contributed by atoms with Crippen molar-refractivity contribution in [2.24, 2.45) is 0 Å². The molecule has 0 amide bonds. The van der Waals surface area contributed by atoms with Crippen LogP contribution in [0.2, 0.25) is 0 Å². The lowest BCUT2D eigenvalue weighted by molar-refractivity contribution is -0.221. The highest BCUT2D eigenvalue weighted by Crippen LogP contribution is 2.48. The number of alkyl halides is 8. The number of aliphatic hydroxyl groups is 1. The molecule has 1 aliphatic rings. The molecule has 1 N–H and O–H groups in total. The van der Waals surface area contributed by atoms with Gasteiger partial charge in [-0.2, -0.15) is 31.4 Å². The maximum Gasteiger partial charge on any atom is 0.435 e. The normalized spacial score (nSPS) is 21.4. The number of rotatable bonds is 5. The smallest absolute Gasteiger partial charge is 0.382 e. The highest BCUT2D eigenvalue weighted by molar-refractivity contribution is 5.38. The summed E-state index contributed by atoms with van der Waals surface area (Å²) < 4.78 is 109. The largest absolute Gasteiger partial charge is 0.435 e. The van der Waals surface area contributed by atoms with Crippen LogP contribution in [0.3, 0.4) is 0 Å². The highest BCUT2D eigenvalue weighted by Gasteiger charge is 2.54. The maximum atomic E-state index is 13.6. The molecule has 1 aromatic heterocycles. The number of hydrogen-bond donors (Lipinski definition) is 1. The van der Waals surface area contributed by atoms with Gasteiger partial charge in [0.05, 0.1) is 12.1 Å². The predicted molar refractivity (Wildman–Crippen MR) is 66.9 cm³/mol. The summed E-state index contributed by atoms with van der Waals surface area (Å²) in [5.74, 6) is -3.85. The van der Waals surface area contributed by atoms with E-state index in [0.29, 0.717) is 4.68 Å². The van der Waals surface area contributed by atoms with Crippen LogP contribution in [0, 0.1) is 0 Å². The summed E-state index contributed by atoms with van der Waals surface area (Å²) in [5.41, 5.74) is -3.42. The summed E-state index contributed by atoms with van der Waals surface area (Å²) >= 11 is 0. The molecular formula is C13H14F8N2O2. The molecular weight excluding hydrogens is 368 g/mol. The van der Waals surface area contributed by atoms with E-state index in [9.17, 15) is 40.2 Å². The highest BCUT2D eigenvalue weighted by atomic mass is 19.4. The Labute approximate surface area is 136 Å². The van der Waals surface area contributed by atoms with Gasteiger partial charge in [-0.3, -0.25) is 4.68 Å². The van der Waals surface area contributed by atoms with Gasteiger partial charge in [-0.05, 0) is 6.92 Å². The topological polar surface area (TPSA) is 47.3 Å². The molecule has 1 heterocycles. The predicted octanol–water partition coefficient (Wildman–Crippen LogP) is 3.48. The van der Waals surface area contributed by atoms with Gasteiger partial charge in [-0.1, -0.05) is 0 Å². The minimum absolute atomic E-state index is 0.286. The quantitative estimate of drug-likeness (QED) is 0.794. The fraction of sp³-hybridized carbons (Fsp3) is 0.769. The Morgan fingerprint density at radius 3 is 2.36 bits per heavy atom. The monoisotopic (exact) mass is 382 g/mol. The van der Waals surface area contributed by atoms with Gasteiger partial charge in [0, 0.05) is 25.1 Å². The van der Waals surface area contributed by atoms with Crippen molar-refractivity contribution >= 4 is 0 Å². The van der Waals surface area contributed by atoms with Crippen LogP contribution >= 0.6 is 0 Å². The van der Waals surface area contributed by atoms with Crippen LogP contribution in [0.5, 0.6) is 0 Å². The van der Waals surface area contributed by atoms with E-state index in [-0.39, 0.29) is 6.61 Å². The first kappa shape index (κ1) is 19.9. The van der Waals surface area contributed by atoms with E-state index < -0.39 is 66.8 Å². The number of fused-ring (bicyclic) bond motifs is 1. The average Bonchev–Trinajstić information content (AvgIpc) is 2.89. The van der Waals surface area contributed by atoms with E-state index in [0.717, 1.165) is 0 Å². The third-order valence-electron chi connectivity index (χ3n) is 3.78. The van der Waals surface area contributed by atoms with Crippen LogP contribution < -0.4 is 0 Å². The fourth-order valence-corrected chi connectivity index (χ4v) is 2.69. The standard InChI is InChI=1S/C13H14F8N2O2/c1-2-25-7(12(16,17)18)3-4-23-6-5-11(14,15)10(24)8(6)9(22-23)13(19,20)21/h7,10,24H,2-5H2,1H3/t7?,10-/m0/s1. The number of halogens is 8. The first-order valence-corrected chi connectivity index (χ1v) is 7.20. The lowest BCUT2D eigenvalue weighted by Gasteiger charge is -2.20. The van der Waals surface area contributed by atoms with E-state index in [1.165, 1.54) is 6.92 Å². The Morgan fingerprint density at radius 1 is 1.28 bits per heavy atom. The number of hydrogen-bond acceptors (Lipinski definition) is 3. The van der Waals surface area contributed by atoms with Crippen LogP contribution in [-0.2, 0) is 23.9 Å². The zero-order valence-corrected chi connectivity index (χ0v) is 12.8. The van der Waals surface area contributed by atoms with E-state index in [1.54, 1.807) is 0 Å². The van der Waals surface area contributed by atoms with Crippen LogP contribution in [0.15, 0.2) is 0 Å². The molecule has 144 valence electrons. The van der Waals surface area contributed by atoms with Crippen molar-refractivity contribution in [3.8, 4) is 0 Å². The second kappa shape index (κ2) is 6.38.